The van der Waals surface area contributed by atoms with Gasteiger partial charge in [-0.1, -0.05) is 40.2 Å². The molecule has 1 spiro atoms. The van der Waals surface area contributed by atoms with Crippen molar-refractivity contribution in [1.82, 2.24) is 4.90 Å². The van der Waals surface area contributed by atoms with Crippen LogP contribution in [0.5, 0.6) is 0 Å². The topological polar surface area (TPSA) is 87.1 Å². The van der Waals surface area contributed by atoms with Crippen molar-refractivity contribution in [3.63, 3.8) is 0 Å². The Morgan fingerprint density at radius 2 is 2.03 bits per heavy atom. The van der Waals surface area contributed by atoms with Crippen LogP contribution >= 0.6 is 27.7 Å². The number of thioether (sulfide) groups is 1. The molecular weight excluding hydrogens is 580 g/mol. The lowest BCUT2D eigenvalue weighted by Crippen LogP contribution is -2.55. The van der Waals surface area contributed by atoms with Gasteiger partial charge >= 0.3 is 5.97 Å². The molecule has 39 heavy (non-hydrogen) atoms. The maximum atomic E-state index is 14.7. The second-order valence-corrected chi connectivity index (χ2v) is 13.5. The van der Waals surface area contributed by atoms with Crippen LogP contribution in [0.15, 0.2) is 43.5 Å². The molecule has 3 unspecified atom stereocenters. The van der Waals surface area contributed by atoms with Gasteiger partial charge in [0.15, 0.2) is 0 Å². The van der Waals surface area contributed by atoms with E-state index in [2.05, 4.69) is 29.1 Å². The molecular formula is C30H39BrN2O5S. The number of carbonyl (C=O) groups excluding carboxylic acids is 3. The number of aryl methyl sites for hydroxylation is 2. The summed E-state index contributed by atoms with van der Waals surface area (Å²) in [6.45, 7) is 12.6. The minimum atomic E-state index is -0.733. The molecule has 3 heterocycles. The number of unbranched alkanes of at least 4 members (excludes halogenated alkanes) is 2. The van der Waals surface area contributed by atoms with E-state index in [1.54, 1.807) is 33.7 Å². The van der Waals surface area contributed by atoms with Crippen LogP contribution < -0.4 is 4.90 Å². The second kappa shape index (κ2) is 12.6. The lowest BCUT2D eigenvalue weighted by molar-refractivity contribution is -0.154. The van der Waals surface area contributed by atoms with Crippen LogP contribution in [0.1, 0.15) is 43.2 Å². The molecule has 0 radical (unpaired) electrons. The Labute approximate surface area is 244 Å². The Morgan fingerprint density at radius 1 is 1.26 bits per heavy atom. The number of alkyl halides is 1. The summed E-state index contributed by atoms with van der Waals surface area (Å²) >= 11 is 5.41. The predicted octanol–water partition coefficient (Wildman–Crippen LogP) is 4.57. The number of fused-ring (bicyclic) bond motifs is 1. The molecule has 6 atom stereocenters. The first-order valence-electron chi connectivity index (χ1n) is 13.7. The number of aliphatic hydroxyl groups is 1. The van der Waals surface area contributed by atoms with Crippen molar-refractivity contribution in [3.8, 4) is 0 Å². The zero-order chi connectivity index (χ0) is 28.3. The Morgan fingerprint density at radius 3 is 2.72 bits per heavy atom. The number of esters is 1. The second-order valence-electron chi connectivity index (χ2n) is 10.8. The number of carbonyl (C=O) groups is 3. The first kappa shape index (κ1) is 29.9. The smallest absolute Gasteiger partial charge is 0.310 e. The van der Waals surface area contributed by atoms with E-state index in [9.17, 15) is 19.5 Å². The standard InChI is InChI=1S/C30H39BrN2O5S/c1-5-7-16-38-29(37)23-24-27(35)33(14-9-8-10-15-34)26(30(24)18-21(31)25(23)39-30)28(36)32(13-6-2)22-17-19(3)11-12-20(22)4/h5-6,11-12,17,21,23-26,34H,1-2,7-10,13-16,18H2,3-4H3/t21?,23-,24-,25-,26?,30?/m0/s1. The molecule has 1 N–H and O–H groups in total. The Bertz CT molecular complexity index is 1130. The zero-order valence-electron chi connectivity index (χ0n) is 22.8. The van der Waals surface area contributed by atoms with Crippen molar-refractivity contribution >= 4 is 51.2 Å². The number of hydrogen-bond donors (Lipinski definition) is 1. The number of likely N-dealkylation sites (tertiary alicyclic amines) is 1. The number of rotatable bonds is 13. The number of amides is 2. The predicted molar refractivity (Wildman–Crippen MR) is 159 cm³/mol. The number of hydrogen-bond acceptors (Lipinski definition) is 6. The Kier molecular flexibility index (Phi) is 9.65. The zero-order valence-corrected chi connectivity index (χ0v) is 25.2. The van der Waals surface area contributed by atoms with Gasteiger partial charge in [-0.25, -0.2) is 0 Å². The van der Waals surface area contributed by atoms with Gasteiger partial charge in [0.25, 0.3) is 5.91 Å². The molecule has 0 aromatic heterocycles. The van der Waals surface area contributed by atoms with Crippen LogP contribution in [0.3, 0.4) is 0 Å². The molecule has 3 aliphatic rings. The molecule has 4 rings (SSSR count). The number of benzene rings is 1. The van der Waals surface area contributed by atoms with E-state index in [-0.39, 0.29) is 41.1 Å². The lowest BCUT2D eigenvalue weighted by atomic mass is 9.71. The fraction of sp³-hybridized carbons (Fsp3) is 0.567. The molecule has 9 heteroatoms. The van der Waals surface area contributed by atoms with Crippen molar-refractivity contribution in [1.29, 1.82) is 0 Å². The molecule has 3 aliphatic heterocycles. The summed E-state index contributed by atoms with van der Waals surface area (Å²) in [5.41, 5.74) is 2.81. The van der Waals surface area contributed by atoms with Crippen LogP contribution in [0, 0.1) is 25.7 Å². The van der Waals surface area contributed by atoms with Gasteiger partial charge in [-0.2, -0.15) is 0 Å². The monoisotopic (exact) mass is 618 g/mol. The first-order chi connectivity index (χ1) is 18.7. The van der Waals surface area contributed by atoms with E-state index < -0.39 is 22.6 Å². The van der Waals surface area contributed by atoms with Gasteiger partial charge < -0.3 is 19.6 Å². The lowest BCUT2D eigenvalue weighted by Gasteiger charge is -2.38. The number of halogens is 1. The van der Waals surface area contributed by atoms with Gasteiger partial charge in [-0.15, -0.1) is 24.9 Å². The number of anilines is 1. The highest BCUT2D eigenvalue weighted by Crippen LogP contribution is 2.68. The van der Waals surface area contributed by atoms with Gasteiger partial charge in [-0.3, -0.25) is 14.4 Å². The fourth-order valence-electron chi connectivity index (χ4n) is 6.42. The highest BCUT2D eigenvalue weighted by atomic mass is 79.9. The average molecular weight is 620 g/mol. The van der Waals surface area contributed by atoms with E-state index in [0.29, 0.717) is 38.8 Å². The number of aliphatic hydroxyl groups excluding tert-OH is 1. The third-order valence-corrected chi connectivity index (χ3v) is 11.4. The van der Waals surface area contributed by atoms with Crippen LogP contribution in [-0.2, 0) is 19.1 Å². The fourth-order valence-corrected chi connectivity index (χ4v) is 10.0. The molecule has 1 aromatic carbocycles. The average Bonchev–Trinajstić information content (AvgIpc) is 3.50. The number of ether oxygens (including phenoxy) is 1. The SMILES string of the molecule is C=CCCOC(=O)[C@H]1[C@H]2C(=O)N(CCCCCO)C(C(=O)N(CC=C)c3cc(C)ccc3C)C23CC(Br)[C@@H]1S3. The van der Waals surface area contributed by atoms with E-state index in [4.69, 9.17) is 4.74 Å². The summed E-state index contributed by atoms with van der Waals surface area (Å²) in [7, 11) is 0. The van der Waals surface area contributed by atoms with Gasteiger partial charge in [0.2, 0.25) is 5.91 Å². The maximum absolute atomic E-state index is 14.7. The molecule has 0 saturated carbocycles. The van der Waals surface area contributed by atoms with Gasteiger partial charge in [0, 0.05) is 35.5 Å². The quantitative estimate of drug-likeness (QED) is 0.151. The molecule has 212 valence electrons. The summed E-state index contributed by atoms with van der Waals surface area (Å²) in [6, 6.07) is 5.30. The molecule has 1 aromatic rings. The first-order valence-corrected chi connectivity index (χ1v) is 15.5. The summed E-state index contributed by atoms with van der Waals surface area (Å²) < 4.78 is 4.86. The molecule has 3 fully saturated rings. The van der Waals surface area contributed by atoms with E-state index in [1.807, 2.05) is 32.0 Å². The Hall–Kier alpha value is -2.10. The van der Waals surface area contributed by atoms with Crippen LogP contribution in [0.4, 0.5) is 5.69 Å². The number of nitrogens with zero attached hydrogens (tertiary/aromatic N) is 2. The third-order valence-electron chi connectivity index (χ3n) is 8.15. The van der Waals surface area contributed by atoms with Gasteiger partial charge in [0.05, 0.1) is 23.2 Å². The molecule has 2 amide bonds. The van der Waals surface area contributed by atoms with E-state index >= 15 is 0 Å². The molecule has 7 nitrogen and oxygen atoms in total. The van der Waals surface area contributed by atoms with Crippen LogP contribution in [-0.4, -0.2) is 75.0 Å². The summed E-state index contributed by atoms with van der Waals surface area (Å²) in [4.78, 5) is 45.7. The summed E-state index contributed by atoms with van der Waals surface area (Å²) in [5.74, 6) is -1.89. The largest absolute Gasteiger partial charge is 0.465 e. The molecule has 3 saturated heterocycles. The van der Waals surface area contributed by atoms with Crippen molar-refractivity contribution in [3.05, 3.63) is 54.6 Å². The van der Waals surface area contributed by atoms with E-state index in [1.165, 1.54) is 0 Å². The molecule has 2 bridgehead atoms. The van der Waals surface area contributed by atoms with Gasteiger partial charge in [0.1, 0.15) is 6.04 Å². The minimum absolute atomic E-state index is 0.0123. The summed E-state index contributed by atoms with van der Waals surface area (Å²) in [6.07, 6.45) is 6.63. The normalized spacial score (nSPS) is 28.9. The van der Waals surface area contributed by atoms with Crippen molar-refractivity contribution in [2.24, 2.45) is 11.8 Å². The van der Waals surface area contributed by atoms with Crippen molar-refractivity contribution in [2.45, 2.75) is 66.8 Å². The van der Waals surface area contributed by atoms with Crippen molar-refractivity contribution < 1.29 is 24.2 Å². The van der Waals surface area contributed by atoms with Gasteiger partial charge in [-0.05, 0) is 63.1 Å². The van der Waals surface area contributed by atoms with Crippen molar-refractivity contribution in [2.75, 3.05) is 31.2 Å². The molecule has 0 aliphatic carbocycles. The van der Waals surface area contributed by atoms with E-state index in [0.717, 1.165) is 23.2 Å². The highest BCUT2D eigenvalue weighted by molar-refractivity contribution is 9.09. The Balaban J connectivity index is 1.75. The summed E-state index contributed by atoms with van der Waals surface area (Å²) in [5, 5.41) is 9.13. The third kappa shape index (κ3) is 5.46. The maximum Gasteiger partial charge on any atom is 0.310 e. The van der Waals surface area contributed by atoms with Crippen LogP contribution in [0.2, 0.25) is 0 Å². The minimum Gasteiger partial charge on any atom is -0.465 e. The van der Waals surface area contributed by atoms with Crippen LogP contribution in [0.25, 0.3) is 0 Å². The highest BCUT2D eigenvalue weighted by Gasteiger charge is 2.76.